The fourth-order valence-electron chi connectivity index (χ4n) is 5.44. The van der Waals surface area contributed by atoms with Crippen molar-refractivity contribution in [2.45, 2.75) is 64.4 Å². The third-order valence-electron chi connectivity index (χ3n) is 7.12. The summed E-state index contributed by atoms with van der Waals surface area (Å²) in [5.74, 6) is -1.33. The van der Waals surface area contributed by atoms with Gasteiger partial charge in [-0.15, -0.1) is 13.2 Å². The van der Waals surface area contributed by atoms with Gasteiger partial charge in [-0.3, -0.25) is 4.79 Å². The van der Waals surface area contributed by atoms with Gasteiger partial charge in [-0.25, -0.2) is 9.37 Å². The molecule has 9 heteroatoms. The van der Waals surface area contributed by atoms with Crippen molar-refractivity contribution < 1.29 is 27.1 Å². The smallest absolute Gasteiger partial charge is 0.403 e. The largest absolute Gasteiger partial charge is 0.573 e. The monoisotopic (exact) mass is 489 g/mol. The fourth-order valence-corrected chi connectivity index (χ4v) is 5.44. The summed E-state index contributed by atoms with van der Waals surface area (Å²) in [7, 11) is 0. The third-order valence-corrected chi connectivity index (χ3v) is 7.12. The molecule has 1 aliphatic heterocycles. The summed E-state index contributed by atoms with van der Waals surface area (Å²) >= 11 is 0. The molecule has 1 aromatic carbocycles. The molecule has 1 amide bonds. The first-order chi connectivity index (χ1) is 16.8. The van der Waals surface area contributed by atoms with E-state index in [0.717, 1.165) is 47.3 Å². The van der Waals surface area contributed by atoms with E-state index in [1.807, 2.05) is 21.6 Å². The van der Waals surface area contributed by atoms with E-state index in [9.17, 15) is 22.4 Å². The number of hydrogen-bond acceptors (Lipinski definition) is 3. The van der Waals surface area contributed by atoms with Gasteiger partial charge in [0.15, 0.2) is 11.6 Å². The molecule has 3 aromatic rings. The average Bonchev–Trinajstić information content (AvgIpc) is 3.14. The summed E-state index contributed by atoms with van der Waals surface area (Å²) in [6, 6.07) is 7.30. The van der Waals surface area contributed by atoms with Crippen LogP contribution in [0.2, 0.25) is 0 Å². The lowest BCUT2D eigenvalue weighted by Crippen LogP contribution is -2.37. The Morgan fingerprint density at radius 3 is 2.69 bits per heavy atom. The topological polar surface area (TPSA) is 47.4 Å². The number of benzene rings is 1. The van der Waals surface area contributed by atoms with Crippen molar-refractivity contribution in [3.63, 3.8) is 0 Å². The Kier molecular flexibility index (Phi) is 6.42. The number of hydrogen-bond donors (Lipinski definition) is 0. The normalized spacial score (nSPS) is 17.0. The van der Waals surface area contributed by atoms with Gasteiger partial charge in [-0.2, -0.15) is 0 Å². The fraction of sp³-hybridized carbons (Fsp3) is 0.462. The van der Waals surface area contributed by atoms with Crippen LogP contribution in [0.3, 0.4) is 0 Å². The number of amides is 1. The Morgan fingerprint density at radius 1 is 1.14 bits per heavy atom. The second-order valence-corrected chi connectivity index (χ2v) is 9.47. The van der Waals surface area contributed by atoms with Gasteiger partial charge in [0, 0.05) is 36.8 Å². The van der Waals surface area contributed by atoms with Gasteiger partial charge in [-0.1, -0.05) is 25.3 Å². The molecule has 0 unspecified atom stereocenters. The Balaban J connectivity index is 1.41. The number of halogens is 4. The highest BCUT2D eigenvalue weighted by Crippen LogP contribution is 2.33. The number of pyridine rings is 1. The van der Waals surface area contributed by atoms with Crippen LogP contribution in [-0.2, 0) is 24.3 Å². The van der Waals surface area contributed by atoms with Crippen molar-refractivity contribution in [2.24, 2.45) is 5.92 Å². The van der Waals surface area contributed by atoms with Crippen LogP contribution >= 0.6 is 0 Å². The molecule has 1 fully saturated rings. The lowest BCUT2D eigenvalue weighted by molar-refractivity contribution is -0.275. The molecule has 0 atom stereocenters. The molecule has 5 rings (SSSR count). The highest BCUT2D eigenvalue weighted by atomic mass is 19.4. The van der Waals surface area contributed by atoms with E-state index in [1.165, 1.54) is 25.3 Å². The van der Waals surface area contributed by atoms with Crippen LogP contribution in [-0.4, -0.2) is 33.3 Å². The molecular weight excluding hydrogens is 462 g/mol. The Labute approximate surface area is 200 Å². The van der Waals surface area contributed by atoms with Crippen molar-refractivity contribution >= 4 is 16.9 Å². The number of rotatable bonds is 5. The van der Waals surface area contributed by atoms with E-state index in [4.69, 9.17) is 0 Å². The second kappa shape index (κ2) is 9.51. The summed E-state index contributed by atoms with van der Waals surface area (Å²) in [6.45, 7) is 1.30. The average molecular weight is 490 g/mol. The van der Waals surface area contributed by atoms with Crippen LogP contribution in [0.4, 0.5) is 17.6 Å². The minimum Gasteiger partial charge on any atom is -0.403 e. The van der Waals surface area contributed by atoms with Gasteiger partial charge >= 0.3 is 6.36 Å². The highest BCUT2D eigenvalue weighted by Gasteiger charge is 2.33. The van der Waals surface area contributed by atoms with E-state index in [0.29, 0.717) is 37.4 Å². The van der Waals surface area contributed by atoms with E-state index >= 15 is 0 Å². The van der Waals surface area contributed by atoms with Crippen LogP contribution in [0.15, 0.2) is 36.5 Å². The first kappa shape index (κ1) is 23.6. The van der Waals surface area contributed by atoms with Crippen LogP contribution in [0.1, 0.15) is 55.3 Å². The molecule has 5 nitrogen and oxygen atoms in total. The molecule has 0 N–H and O–H groups in total. The van der Waals surface area contributed by atoms with Gasteiger partial charge in [0.05, 0.1) is 6.54 Å². The summed E-state index contributed by atoms with van der Waals surface area (Å²) in [5.41, 5.74) is 3.26. The molecule has 1 saturated carbocycles. The maximum absolute atomic E-state index is 14.3. The van der Waals surface area contributed by atoms with E-state index in [-0.39, 0.29) is 12.5 Å². The van der Waals surface area contributed by atoms with Crippen molar-refractivity contribution in [3.05, 3.63) is 59.2 Å². The van der Waals surface area contributed by atoms with Gasteiger partial charge in [0.1, 0.15) is 5.65 Å². The summed E-state index contributed by atoms with van der Waals surface area (Å²) < 4.78 is 57.6. The summed E-state index contributed by atoms with van der Waals surface area (Å²) in [6.07, 6.45) is 3.81. The molecule has 3 heterocycles. The molecule has 0 spiro atoms. The molecule has 0 saturated heterocycles. The lowest BCUT2D eigenvalue weighted by Gasteiger charge is -2.31. The molecular formula is C26H27F4N3O2. The minimum absolute atomic E-state index is 0.159. The number of carbonyl (C=O) groups is 1. The van der Waals surface area contributed by atoms with Crippen molar-refractivity contribution in [2.75, 3.05) is 6.54 Å². The van der Waals surface area contributed by atoms with Crippen LogP contribution in [0.5, 0.6) is 5.75 Å². The maximum Gasteiger partial charge on any atom is 0.573 e. The second-order valence-electron chi connectivity index (χ2n) is 9.47. The minimum atomic E-state index is -4.96. The van der Waals surface area contributed by atoms with Crippen molar-refractivity contribution in [3.8, 4) is 5.75 Å². The molecule has 186 valence electrons. The first-order valence-electron chi connectivity index (χ1n) is 12.1. The standard InChI is InChI=1S/C26H27F4N3O2/c27-21-13-18(8-9-23(21)35-26(28,29)30)15-33-22-16-32(24(34)14-17-5-2-1-3-6-17)12-10-19(22)20-7-4-11-31-25(20)33/h4,7-9,11,13,17H,1-3,5-6,10,12,14-16H2. The van der Waals surface area contributed by atoms with E-state index in [1.54, 1.807) is 6.20 Å². The maximum atomic E-state index is 14.3. The Morgan fingerprint density at radius 2 is 1.94 bits per heavy atom. The summed E-state index contributed by atoms with van der Waals surface area (Å²) in [4.78, 5) is 19.5. The first-order valence-corrected chi connectivity index (χ1v) is 12.1. The van der Waals surface area contributed by atoms with Crippen molar-refractivity contribution in [1.82, 2.24) is 14.5 Å². The zero-order valence-corrected chi connectivity index (χ0v) is 19.3. The van der Waals surface area contributed by atoms with Crippen LogP contribution in [0, 0.1) is 11.7 Å². The SMILES string of the molecule is O=C(CC1CCCCC1)N1CCc2c(n(Cc3ccc(OC(F)(F)F)c(F)c3)c3ncccc23)C1. The molecule has 0 bridgehead atoms. The zero-order chi connectivity index (χ0) is 24.6. The zero-order valence-electron chi connectivity index (χ0n) is 19.3. The van der Waals surface area contributed by atoms with E-state index in [2.05, 4.69) is 9.72 Å². The molecule has 1 aliphatic carbocycles. The Bertz CT molecular complexity index is 1230. The Hall–Kier alpha value is -3.10. The van der Waals surface area contributed by atoms with Crippen molar-refractivity contribution in [1.29, 1.82) is 0 Å². The van der Waals surface area contributed by atoms with Crippen LogP contribution in [0.25, 0.3) is 11.0 Å². The van der Waals surface area contributed by atoms with Gasteiger partial charge in [0.25, 0.3) is 0 Å². The summed E-state index contributed by atoms with van der Waals surface area (Å²) in [5, 5.41) is 0.986. The number of carbonyl (C=O) groups excluding carboxylic acids is 1. The lowest BCUT2D eigenvalue weighted by atomic mass is 9.86. The molecule has 2 aliphatic rings. The predicted octanol–water partition coefficient (Wildman–Crippen LogP) is 5.98. The number of fused-ring (bicyclic) bond motifs is 3. The molecule has 35 heavy (non-hydrogen) atoms. The third kappa shape index (κ3) is 5.13. The number of aromatic nitrogens is 2. The quantitative estimate of drug-likeness (QED) is 0.415. The van der Waals surface area contributed by atoms with Gasteiger partial charge in [-0.05, 0) is 60.6 Å². The van der Waals surface area contributed by atoms with Gasteiger partial charge in [0.2, 0.25) is 5.91 Å². The van der Waals surface area contributed by atoms with E-state index < -0.39 is 17.9 Å². The number of alkyl halides is 3. The molecule has 0 radical (unpaired) electrons. The van der Waals surface area contributed by atoms with Crippen LogP contribution < -0.4 is 4.74 Å². The highest BCUT2D eigenvalue weighted by molar-refractivity contribution is 5.84. The number of ether oxygens (including phenoxy) is 1. The van der Waals surface area contributed by atoms with Gasteiger partial charge < -0.3 is 14.2 Å². The number of nitrogens with zero attached hydrogens (tertiary/aromatic N) is 3. The predicted molar refractivity (Wildman–Crippen MR) is 122 cm³/mol. The molecule has 2 aromatic heterocycles.